The molecule has 8 nitrogen and oxygen atoms in total. The number of imidazole rings is 1. The monoisotopic (exact) mass is 284 g/mol. The fraction of sp³-hybridized carbons (Fsp3) is 0.154. The Morgan fingerprint density at radius 2 is 2.29 bits per heavy atom. The van der Waals surface area contributed by atoms with E-state index in [0.717, 1.165) is 0 Å². The molecule has 106 valence electrons. The Morgan fingerprint density at radius 1 is 1.38 bits per heavy atom. The lowest BCUT2D eigenvalue weighted by Crippen LogP contribution is -1.94. The van der Waals surface area contributed by atoms with Crippen molar-refractivity contribution >= 4 is 23.2 Å². The van der Waals surface area contributed by atoms with Gasteiger partial charge in [-0.3, -0.25) is 10.1 Å². The number of aromatic nitrogens is 4. The van der Waals surface area contributed by atoms with Crippen LogP contribution in [0.4, 0.5) is 11.5 Å². The molecule has 8 heteroatoms. The molecule has 0 radical (unpaired) electrons. The minimum absolute atomic E-state index is 0.0746. The predicted molar refractivity (Wildman–Crippen MR) is 76.8 cm³/mol. The Labute approximate surface area is 119 Å². The number of hydrogen-bond acceptors (Lipinski definition) is 5. The summed E-state index contributed by atoms with van der Waals surface area (Å²) in [5.41, 5.74) is 0.360. The number of aliphatic imine (C=N–C) groups is 1. The highest BCUT2D eigenvalue weighted by molar-refractivity contribution is 5.77. The van der Waals surface area contributed by atoms with Crippen molar-refractivity contribution in [2.75, 3.05) is 0 Å². The van der Waals surface area contributed by atoms with Crippen LogP contribution in [0.5, 0.6) is 0 Å². The Bertz CT molecular complexity index is 790. The maximum Gasteiger partial charge on any atom is 0.340 e. The largest absolute Gasteiger partial charge is 0.340 e. The van der Waals surface area contributed by atoms with Crippen LogP contribution in [0.3, 0.4) is 0 Å². The number of nitro groups is 1. The van der Waals surface area contributed by atoms with Gasteiger partial charge >= 0.3 is 5.69 Å². The molecular formula is C13H12N6O2. The third-order valence-electron chi connectivity index (χ3n) is 2.97. The summed E-state index contributed by atoms with van der Waals surface area (Å²) in [5.74, 6) is 0.122. The second-order valence-electron chi connectivity index (χ2n) is 4.36. The van der Waals surface area contributed by atoms with Gasteiger partial charge in [0, 0.05) is 37.8 Å². The Balaban J connectivity index is 1.82. The van der Waals surface area contributed by atoms with Gasteiger partial charge in [0.05, 0.1) is 11.3 Å². The van der Waals surface area contributed by atoms with Crippen molar-refractivity contribution in [1.29, 1.82) is 0 Å². The van der Waals surface area contributed by atoms with Gasteiger partial charge in [-0.25, -0.2) is 14.5 Å². The molecule has 0 saturated carbocycles. The van der Waals surface area contributed by atoms with Gasteiger partial charge < -0.3 is 4.57 Å². The van der Waals surface area contributed by atoms with E-state index in [1.54, 1.807) is 43.1 Å². The molecule has 3 rings (SSSR count). The summed E-state index contributed by atoms with van der Waals surface area (Å²) in [6.45, 7) is 0.713. The Kier molecular flexibility index (Phi) is 3.42. The van der Waals surface area contributed by atoms with Crippen LogP contribution in [0, 0.1) is 10.1 Å². The summed E-state index contributed by atoms with van der Waals surface area (Å²) >= 11 is 0. The van der Waals surface area contributed by atoms with Crippen molar-refractivity contribution in [2.45, 2.75) is 13.0 Å². The summed E-state index contributed by atoms with van der Waals surface area (Å²) in [4.78, 5) is 18.8. The van der Waals surface area contributed by atoms with Crippen molar-refractivity contribution in [3.05, 3.63) is 53.2 Å². The summed E-state index contributed by atoms with van der Waals surface area (Å²) in [7, 11) is 0. The predicted octanol–water partition coefficient (Wildman–Crippen LogP) is 2.23. The first-order valence-electron chi connectivity index (χ1n) is 6.36. The summed E-state index contributed by atoms with van der Waals surface area (Å²) in [6, 6.07) is 5.14. The summed E-state index contributed by atoms with van der Waals surface area (Å²) in [5, 5.41) is 15.3. The number of fused-ring (bicyclic) bond motifs is 1. The third-order valence-corrected chi connectivity index (χ3v) is 2.97. The van der Waals surface area contributed by atoms with Gasteiger partial charge in [0.25, 0.3) is 5.82 Å². The molecule has 0 atom stereocenters. The molecule has 0 unspecified atom stereocenters. The molecule has 0 bridgehead atoms. The van der Waals surface area contributed by atoms with Gasteiger partial charge in [-0.15, -0.1) is 5.10 Å². The smallest absolute Gasteiger partial charge is 0.337 e. The van der Waals surface area contributed by atoms with Crippen molar-refractivity contribution in [3.63, 3.8) is 0 Å². The second-order valence-corrected chi connectivity index (χ2v) is 4.36. The zero-order valence-electron chi connectivity index (χ0n) is 11.0. The minimum Gasteiger partial charge on any atom is -0.337 e. The molecule has 0 aliphatic carbocycles. The van der Waals surface area contributed by atoms with Gasteiger partial charge in [0.1, 0.15) is 5.52 Å². The van der Waals surface area contributed by atoms with E-state index in [1.807, 2.05) is 10.8 Å². The van der Waals surface area contributed by atoms with E-state index in [4.69, 9.17) is 0 Å². The zero-order chi connectivity index (χ0) is 14.7. The quantitative estimate of drug-likeness (QED) is 0.408. The van der Waals surface area contributed by atoms with Crippen LogP contribution in [-0.4, -0.2) is 30.3 Å². The highest BCUT2D eigenvalue weighted by Crippen LogP contribution is 2.30. The molecule has 0 amide bonds. The molecule has 21 heavy (non-hydrogen) atoms. The lowest BCUT2D eigenvalue weighted by Gasteiger charge is -1.95. The topological polar surface area (TPSA) is 90.6 Å². The van der Waals surface area contributed by atoms with Gasteiger partial charge in [0.2, 0.25) is 0 Å². The zero-order valence-corrected chi connectivity index (χ0v) is 11.0. The van der Waals surface area contributed by atoms with Gasteiger partial charge in [-0.2, -0.15) is 0 Å². The van der Waals surface area contributed by atoms with E-state index in [2.05, 4.69) is 15.1 Å². The van der Waals surface area contributed by atoms with E-state index in [-0.39, 0.29) is 11.5 Å². The van der Waals surface area contributed by atoms with Crippen molar-refractivity contribution < 1.29 is 4.92 Å². The minimum atomic E-state index is -0.453. The molecule has 3 aromatic heterocycles. The van der Waals surface area contributed by atoms with Crippen LogP contribution in [0.2, 0.25) is 0 Å². The van der Waals surface area contributed by atoms with E-state index in [9.17, 15) is 10.1 Å². The molecule has 3 heterocycles. The highest BCUT2D eigenvalue weighted by Gasteiger charge is 2.22. The van der Waals surface area contributed by atoms with Crippen LogP contribution in [0.1, 0.15) is 6.42 Å². The van der Waals surface area contributed by atoms with E-state index >= 15 is 0 Å². The van der Waals surface area contributed by atoms with E-state index in [1.165, 1.54) is 4.52 Å². The van der Waals surface area contributed by atoms with Crippen molar-refractivity contribution in [2.24, 2.45) is 4.99 Å². The van der Waals surface area contributed by atoms with E-state index in [0.29, 0.717) is 18.5 Å². The molecule has 3 aromatic rings. The molecule has 0 aliphatic heterocycles. The van der Waals surface area contributed by atoms with E-state index < -0.39 is 4.92 Å². The standard InChI is InChI=1S/C13H12N6O2/c20-19(21)12-11-4-1-2-8-18(11)16-13(12)15-5-3-7-17-9-6-14-10-17/h1-2,4-6,8-10H,3,7H2. The third kappa shape index (κ3) is 2.64. The first-order valence-corrected chi connectivity index (χ1v) is 6.36. The normalized spacial score (nSPS) is 11.4. The maximum absolute atomic E-state index is 11.2. The lowest BCUT2D eigenvalue weighted by atomic mass is 10.3. The van der Waals surface area contributed by atoms with Crippen LogP contribution >= 0.6 is 0 Å². The maximum atomic E-state index is 11.2. The number of hydrogen-bond donors (Lipinski definition) is 0. The molecule has 0 aliphatic rings. The lowest BCUT2D eigenvalue weighted by molar-refractivity contribution is -0.382. The summed E-state index contributed by atoms with van der Waals surface area (Å²) in [6.07, 6.45) is 9.19. The first kappa shape index (κ1) is 13.0. The van der Waals surface area contributed by atoms with Crippen LogP contribution in [-0.2, 0) is 6.54 Å². The molecular weight excluding hydrogens is 272 g/mol. The molecule has 0 aromatic carbocycles. The average molecular weight is 284 g/mol. The Morgan fingerprint density at radius 3 is 3.05 bits per heavy atom. The molecule has 0 N–H and O–H groups in total. The van der Waals surface area contributed by atoms with Crippen molar-refractivity contribution in [3.8, 4) is 0 Å². The number of rotatable bonds is 5. The highest BCUT2D eigenvalue weighted by atomic mass is 16.6. The number of pyridine rings is 1. The average Bonchev–Trinajstić information content (AvgIpc) is 3.10. The van der Waals surface area contributed by atoms with Crippen molar-refractivity contribution in [1.82, 2.24) is 19.2 Å². The molecule has 0 spiro atoms. The molecule has 0 saturated heterocycles. The number of aryl methyl sites for hydroxylation is 1. The first-order chi connectivity index (χ1) is 10.3. The fourth-order valence-corrected chi connectivity index (χ4v) is 2.01. The SMILES string of the molecule is O=[N+]([O-])c1c(N=CCCn2ccnc2)nn2ccccc12. The number of nitrogens with zero attached hydrogens (tertiary/aromatic N) is 6. The molecule has 0 fully saturated rings. The van der Waals surface area contributed by atoms with Crippen LogP contribution < -0.4 is 0 Å². The fourth-order valence-electron chi connectivity index (χ4n) is 2.01. The van der Waals surface area contributed by atoms with Gasteiger partial charge in [-0.05, 0) is 12.1 Å². The van der Waals surface area contributed by atoms with Gasteiger partial charge in [-0.1, -0.05) is 6.07 Å². The van der Waals surface area contributed by atoms with Gasteiger partial charge in [0.15, 0.2) is 0 Å². The summed E-state index contributed by atoms with van der Waals surface area (Å²) < 4.78 is 3.37. The Hall–Kier alpha value is -3.03. The van der Waals surface area contributed by atoms with Crippen LogP contribution in [0.15, 0.2) is 48.1 Å². The van der Waals surface area contributed by atoms with Crippen LogP contribution in [0.25, 0.3) is 5.52 Å². The second kappa shape index (κ2) is 5.53.